The van der Waals surface area contributed by atoms with Crippen LogP contribution in [-0.2, 0) is 0 Å². The summed E-state index contributed by atoms with van der Waals surface area (Å²) in [5, 5.41) is 5.24. The lowest BCUT2D eigenvalue weighted by Crippen LogP contribution is -2.25. The number of ether oxygens (including phenoxy) is 2. The molecule has 192 valence electrons. The fourth-order valence-electron chi connectivity index (χ4n) is 4.38. The molecule has 0 saturated heterocycles. The molecule has 0 atom stereocenters. The van der Waals surface area contributed by atoms with Gasteiger partial charge in [0.15, 0.2) is 11.5 Å². The summed E-state index contributed by atoms with van der Waals surface area (Å²) in [5.74, 6) is 2.39. The van der Waals surface area contributed by atoms with Crippen LogP contribution in [0.1, 0.15) is 77.1 Å². The third-order valence-corrected chi connectivity index (χ3v) is 7.40. The molecule has 8 heteroatoms. The van der Waals surface area contributed by atoms with Crippen molar-refractivity contribution in [2.24, 2.45) is 10.5 Å². The zero-order chi connectivity index (χ0) is 25.9. The minimum atomic E-state index is -0.150. The molecule has 0 radical (unpaired) electrons. The average molecular weight is 666 g/mol. The summed E-state index contributed by atoms with van der Waals surface area (Å²) in [6.45, 7) is 9.47. The highest BCUT2D eigenvalue weighted by molar-refractivity contribution is 14.1. The van der Waals surface area contributed by atoms with Gasteiger partial charge in [-0.15, -0.1) is 0 Å². The van der Waals surface area contributed by atoms with E-state index < -0.39 is 0 Å². The van der Waals surface area contributed by atoms with Crippen LogP contribution < -0.4 is 15.0 Å². The Labute approximate surface area is 234 Å². The monoisotopic (exact) mass is 665 g/mol. The Morgan fingerprint density at radius 1 is 1.17 bits per heavy atom. The van der Waals surface area contributed by atoms with Crippen LogP contribution in [0.25, 0.3) is 10.9 Å². The first-order valence-electron chi connectivity index (χ1n) is 12.5. The van der Waals surface area contributed by atoms with Gasteiger partial charge in [0.1, 0.15) is 5.82 Å². The summed E-state index contributed by atoms with van der Waals surface area (Å²) in [4.78, 5) is 18.5. The van der Waals surface area contributed by atoms with Crippen LogP contribution in [0.15, 0.2) is 44.7 Å². The van der Waals surface area contributed by atoms with Crippen molar-refractivity contribution < 1.29 is 9.47 Å². The normalized spacial score (nSPS) is 15.1. The molecule has 1 aromatic heterocycles. The number of nitrogens with zero attached hydrogens (tertiary/aromatic N) is 3. The first kappa shape index (κ1) is 27.1. The molecule has 0 bridgehead atoms. The van der Waals surface area contributed by atoms with E-state index in [-0.39, 0.29) is 16.9 Å². The topological polar surface area (TPSA) is 65.7 Å². The highest BCUT2D eigenvalue weighted by Crippen LogP contribution is 2.35. The van der Waals surface area contributed by atoms with Crippen molar-refractivity contribution in [3.05, 3.63) is 60.1 Å². The minimum Gasteiger partial charge on any atom is -0.490 e. The lowest BCUT2D eigenvalue weighted by Gasteiger charge is -2.23. The van der Waals surface area contributed by atoms with Gasteiger partial charge in [-0.05, 0) is 83.7 Å². The van der Waals surface area contributed by atoms with Crippen molar-refractivity contribution in [2.75, 3.05) is 13.2 Å². The van der Waals surface area contributed by atoms with Crippen LogP contribution in [0.3, 0.4) is 0 Å². The maximum absolute atomic E-state index is 13.6. The minimum absolute atomic E-state index is 0.0292. The molecule has 36 heavy (non-hydrogen) atoms. The molecular formula is C28H33BrIN3O3. The van der Waals surface area contributed by atoms with E-state index >= 15 is 0 Å². The molecule has 6 nitrogen and oxygen atoms in total. The molecule has 4 rings (SSSR count). The molecule has 1 fully saturated rings. The Morgan fingerprint density at radius 3 is 2.61 bits per heavy atom. The van der Waals surface area contributed by atoms with Crippen LogP contribution in [0, 0.1) is 8.99 Å². The van der Waals surface area contributed by atoms with Gasteiger partial charge in [0.25, 0.3) is 5.56 Å². The number of hydrogen-bond acceptors (Lipinski definition) is 5. The maximum Gasteiger partial charge on any atom is 0.282 e. The molecule has 3 aromatic rings. The second-order valence-electron chi connectivity index (χ2n) is 10.4. The Morgan fingerprint density at radius 2 is 1.92 bits per heavy atom. The van der Waals surface area contributed by atoms with Crippen LogP contribution in [0.4, 0.5) is 0 Å². The molecule has 0 amide bonds. The van der Waals surface area contributed by atoms with Crippen LogP contribution in [-0.4, -0.2) is 29.1 Å². The first-order chi connectivity index (χ1) is 17.2. The van der Waals surface area contributed by atoms with E-state index in [2.05, 4.69) is 64.4 Å². The van der Waals surface area contributed by atoms with Crippen molar-refractivity contribution in [3.63, 3.8) is 0 Å². The SMILES string of the molecule is CCOc1cc(C=Nn2c(C3CCCCC3)nc3ccc(Br)cc3c2=O)cc(I)c1OCC(C)(C)C. The number of aromatic nitrogens is 2. The molecule has 0 aliphatic heterocycles. The number of fused-ring (bicyclic) bond motifs is 1. The summed E-state index contributed by atoms with van der Waals surface area (Å²) in [5.41, 5.74) is 1.43. The van der Waals surface area contributed by atoms with E-state index in [0.717, 1.165) is 50.9 Å². The Kier molecular flexibility index (Phi) is 8.75. The van der Waals surface area contributed by atoms with Crippen LogP contribution in [0.5, 0.6) is 11.5 Å². The molecule has 0 spiro atoms. The van der Waals surface area contributed by atoms with Gasteiger partial charge < -0.3 is 9.47 Å². The third kappa shape index (κ3) is 6.49. The largest absolute Gasteiger partial charge is 0.490 e. The van der Waals surface area contributed by atoms with E-state index in [9.17, 15) is 4.79 Å². The van der Waals surface area contributed by atoms with Gasteiger partial charge in [0.05, 0.1) is 33.9 Å². The highest BCUT2D eigenvalue weighted by atomic mass is 127. The second-order valence-corrected chi connectivity index (χ2v) is 12.5. The molecule has 0 N–H and O–H groups in total. The standard InChI is InChI=1S/C28H33BrIN3O3/c1-5-35-24-14-18(13-22(30)25(24)36-17-28(2,3)4)16-31-33-26(19-9-7-6-8-10-19)32-23-12-11-20(29)15-21(23)27(33)34/h11-16,19H,5-10,17H2,1-4H3. The lowest BCUT2D eigenvalue weighted by molar-refractivity contribution is 0.187. The van der Waals surface area contributed by atoms with E-state index in [0.29, 0.717) is 29.9 Å². The van der Waals surface area contributed by atoms with E-state index in [1.165, 1.54) is 11.1 Å². The van der Waals surface area contributed by atoms with Gasteiger partial charge in [-0.1, -0.05) is 56.0 Å². The summed E-state index contributed by atoms with van der Waals surface area (Å²) >= 11 is 5.75. The van der Waals surface area contributed by atoms with Crippen molar-refractivity contribution >= 4 is 55.6 Å². The zero-order valence-electron chi connectivity index (χ0n) is 21.3. The van der Waals surface area contributed by atoms with Gasteiger partial charge in [0, 0.05) is 10.4 Å². The molecule has 0 unspecified atom stereocenters. The summed E-state index contributed by atoms with van der Waals surface area (Å²) < 4.78 is 15.3. The molecule has 2 aromatic carbocycles. The van der Waals surface area contributed by atoms with E-state index in [1.54, 1.807) is 6.21 Å². The van der Waals surface area contributed by atoms with Gasteiger partial charge in [-0.3, -0.25) is 4.79 Å². The van der Waals surface area contributed by atoms with Crippen molar-refractivity contribution in [3.8, 4) is 11.5 Å². The molecular weight excluding hydrogens is 633 g/mol. The fraction of sp³-hybridized carbons (Fsp3) is 0.464. The van der Waals surface area contributed by atoms with Gasteiger partial charge in [0.2, 0.25) is 0 Å². The quantitative estimate of drug-likeness (QED) is 0.194. The van der Waals surface area contributed by atoms with Crippen LogP contribution >= 0.6 is 38.5 Å². The van der Waals surface area contributed by atoms with Crippen LogP contribution in [0.2, 0.25) is 0 Å². The number of benzene rings is 2. The van der Waals surface area contributed by atoms with Gasteiger partial charge in [-0.2, -0.15) is 9.78 Å². The Bertz CT molecular complexity index is 1320. The van der Waals surface area contributed by atoms with E-state index in [4.69, 9.17) is 14.5 Å². The number of rotatable bonds is 7. The van der Waals surface area contributed by atoms with Crippen molar-refractivity contribution in [1.82, 2.24) is 9.66 Å². The van der Waals surface area contributed by atoms with Gasteiger partial charge >= 0.3 is 0 Å². The summed E-state index contributed by atoms with van der Waals surface area (Å²) in [6, 6.07) is 9.56. The lowest BCUT2D eigenvalue weighted by atomic mass is 9.88. The third-order valence-electron chi connectivity index (χ3n) is 6.11. The predicted octanol–water partition coefficient (Wildman–Crippen LogP) is 7.52. The molecule has 1 aliphatic carbocycles. The van der Waals surface area contributed by atoms with Gasteiger partial charge in [-0.25, -0.2) is 4.98 Å². The highest BCUT2D eigenvalue weighted by Gasteiger charge is 2.23. The van der Waals surface area contributed by atoms with Crippen molar-refractivity contribution in [2.45, 2.75) is 65.7 Å². The molecule has 1 aliphatic rings. The summed E-state index contributed by atoms with van der Waals surface area (Å²) in [6.07, 6.45) is 7.29. The smallest absolute Gasteiger partial charge is 0.282 e. The Balaban J connectivity index is 1.77. The summed E-state index contributed by atoms with van der Waals surface area (Å²) in [7, 11) is 0. The molecule has 1 heterocycles. The van der Waals surface area contributed by atoms with Crippen molar-refractivity contribution in [1.29, 1.82) is 0 Å². The maximum atomic E-state index is 13.6. The van der Waals surface area contributed by atoms with E-state index in [1.807, 2.05) is 37.3 Å². The Hall–Kier alpha value is -1.94. The fourth-order valence-corrected chi connectivity index (χ4v) is 5.52. The second kappa shape index (κ2) is 11.6. The zero-order valence-corrected chi connectivity index (χ0v) is 25.1. The number of hydrogen-bond donors (Lipinski definition) is 0. The average Bonchev–Trinajstić information content (AvgIpc) is 2.83. The predicted molar refractivity (Wildman–Crippen MR) is 158 cm³/mol. The number of halogens is 2. The first-order valence-corrected chi connectivity index (χ1v) is 14.4. The molecule has 1 saturated carbocycles.